The first-order valence-corrected chi connectivity index (χ1v) is 8.75. The number of fused-ring (bicyclic) bond motifs is 2. The van der Waals surface area contributed by atoms with E-state index in [4.69, 9.17) is 4.42 Å². The Morgan fingerprint density at radius 1 is 1.04 bits per heavy atom. The first kappa shape index (κ1) is 18.0. The van der Waals surface area contributed by atoms with Crippen LogP contribution in [0.5, 0.6) is 0 Å². The number of halogens is 1. The van der Waals surface area contributed by atoms with E-state index in [-0.39, 0.29) is 18.0 Å². The van der Waals surface area contributed by atoms with E-state index in [1.54, 1.807) is 12.5 Å². The number of aromatic nitrogens is 4. The number of rotatable bonds is 4. The molecule has 0 aliphatic rings. The van der Waals surface area contributed by atoms with Gasteiger partial charge in [-0.25, -0.2) is 9.67 Å². The Bertz CT molecular complexity index is 1270. The van der Waals surface area contributed by atoms with Gasteiger partial charge >= 0.3 is 0 Å². The number of hydrogen-bond donors (Lipinski definition) is 0. The number of benzene rings is 1. The number of furan rings is 1. The molecule has 0 bridgehead atoms. The van der Waals surface area contributed by atoms with E-state index in [0.29, 0.717) is 24.1 Å². The average molecular weight is 393 g/mol. The molecular formula is C21H17ClN4O2. The summed E-state index contributed by atoms with van der Waals surface area (Å²) in [6, 6.07) is 15.2. The largest absolute Gasteiger partial charge is 0.464 e. The molecule has 0 radical (unpaired) electrons. The SMILES string of the molecule is Cl.O=c1c2c(-c3ccco3)cccc2cnn1CCc1cn2ccccc2n1. The minimum atomic E-state index is -0.122. The van der Waals surface area contributed by atoms with Gasteiger partial charge in [-0.15, -0.1) is 12.4 Å². The standard InChI is InChI=1S/C21H16N4O2.ClH/c26-21-20-15(5-3-6-17(20)18-7-4-12-27-18)13-22-25(21)11-9-16-14-24-10-2-1-8-19(24)23-16;/h1-8,10,12-14H,9,11H2;1H. The fourth-order valence-electron chi connectivity index (χ4n) is 3.35. The van der Waals surface area contributed by atoms with Crippen LogP contribution in [0.4, 0.5) is 0 Å². The Morgan fingerprint density at radius 3 is 2.79 bits per heavy atom. The van der Waals surface area contributed by atoms with Crippen molar-refractivity contribution < 1.29 is 4.42 Å². The molecule has 28 heavy (non-hydrogen) atoms. The summed E-state index contributed by atoms with van der Waals surface area (Å²) in [5.74, 6) is 0.677. The Hall–Kier alpha value is -3.38. The molecule has 5 aromatic rings. The zero-order chi connectivity index (χ0) is 18.2. The Morgan fingerprint density at radius 2 is 1.96 bits per heavy atom. The highest BCUT2D eigenvalue weighted by Gasteiger charge is 2.12. The van der Waals surface area contributed by atoms with Crippen LogP contribution in [-0.2, 0) is 13.0 Å². The second kappa shape index (κ2) is 7.32. The predicted molar refractivity (Wildman–Crippen MR) is 110 cm³/mol. The Labute approximate surface area is 166 Å². The van der Waals surface area contributed by atoms with Crippen LogP contribution in [0.15, 0.2) is 82.6 Å². The molecule has 0 saturated carbocycles. The summed E-state index contributed by atoms with van der Waals surface area (Å²) >= 11 is 0. The third kappa shape index (κ3) is 3.08. The second-order valence-corrected chi connectivity index (χ2v) is 6.37. The van der Waals surface area contributed by atoms with Crippen molar-refractivity contribution in [3.8, 4) is 11.3 Å². The lowest BCUT2D eigenvalue weighted by molar-refractivity contribution is 0.577. The van der Waals surface area contributed by atoms with Crippen LogP contribution in [0.2, 0.25) is 0 Å². The summed E-state index contributed by atoms with van der Waals surface area (Å²) in [5, 5.41) is 5.76. The van der Waals surface area contributed by atoms with Gasteiger partial charge in [0.05, 0.1) is 30.1 Å². The normalized spacial score (nSPS) is 11.0. The summed E-state index contributed by atoms with van der Waals surface area (Å²) in [6.45, 7) is 0.463. The average Bonchev–Trinajstić information content (AvgIpc) is 3.36. The van der Waals surface area contributed by atoms with Crippen molar-refractivity contribution in [3.63, 3.8) is 0 Å². The molecule has 0 N–H and O–H groups in total. The summed E-state index contributed by atoms with van der Waals surface area (Å²) in [4.78, 5) is 17.7. The molecule has 4 heterocycles. The Kier molecular flexibility index (Phi) is 4.71. The maximum absolute atomic E-state index is 13.1. The van der Waals surface area contributed by atoms with Gasteiger partial charge < -0.3 is 8.82 Å². The van der Waals surface area contributed by atoms with E-state index < -0.39 is 0 Å². The van der Waals surface area contributed by atoms with Crippen LogP contribution < -0.4 is 5.56 Å². The van der Waals surface area contributed by atoms with Gasteiger partial charge in [0.2, 0.25) is 0 Å². The summed E-state index contributed by atoms with van der Waals surface area (Å²) in [7, 11) is 0. The van der Waals surface area contributed by atoms with Crippen molar-refractivity contribution in [1.29, 1.82) is 0 Å². The highest BCUT2D eigenvalue weighted by atomic mass is 35.5. The van der Waals surface area contributed by atoms with Crippen molar-refractivity contribution in [2.24, 2.45) is 0 Å². The topological polar surface area (TPSA) is 65.3 Å². The van der Waals surface area contributed by atoms with Gasteiger partial charge in [-0.1, -0.05) is 24.3 Å². The molecule has 0 spiro atoms. The quantitative estimate of drug-likeness (QED) is 0.464. The molecule has 0 atom stereocenters. The second-order valence-electron chi connectivity index (χ2n) is 6.37. The molecule has 0 saturated heterocycles. The first-order chi connectivity index (χ1) is 13.3. The maximum Gasteiger partial charge on any atom is 0.275 e. The molecule has 1 aromatic carbocycles. The van der Waals surface area contributed by atoms with Crippen molar-refractivity contribution in [2.75, 3.05) is 0 Å². The smallest absolute Gasteiger partial charge is 0.275 e. The van der Waals surface area contributed by atoms with E-state index >= 15 is 0 Å². The molecule has 0 aliphatic heterocycles. The minimum absolute atomic E-state index is 0. The molecule has 0 unspecified atom stereocenters. The van der Waals surface area contributed by atoms with Gasteiger partial charge in [-0.2, -0.15) is 5.10 Å². The van der Waals surface area contributed by atoms with Gasteiger partial charge in [-0.3, -0.25) is 4.79 Å². The van der Waals surface area contributed by atoms with Crippen molar-refractivity contribution in [2.45, 2.75) is 13.0 Å². The maximum atomic E-state index is 13.1. The third-order valence-corrected chi connectivity index (χ3v) is 4.66. The van der Waals surface area contributed by atoms with Crippen LogP contribution in [0.1, 0.15) is 5.69 Å². The van der Waals surface area contributed by atoms with Crippen molar-refractivity contribution >= 4 is 28.8 Å². The van der Waals surface area contributed by atoms with Crippen LogP contribution in [-0.4, -0.2) is 19.2 Å². The lowest BCUT2D eigenvalue weighted by Gasteiger charge is -2.07. The molecule has 4 aromatic heterocycles. The number of imidazole rings is 1. The van der Waals surface area contributed by atoms with Gasteiger partial charge in [0, 0.05) is 29.8 Å². The lowest BCUT2D eigenvalue weighted by Crippen LogP contribution is -2.24. The lowest BCUT2D eigenvalue weighted by atomic mass is 10.1. The number of nitrogens with zero attached hydrogens (tertiary/aromatic N) is 4. The van der Waals surface area contributed by atoms with E-state index in [2.05, 4.69) is 10.1 Å². The van der Waals surface area contributed by atoms with Crippen molar-refractivity contribution in [3.05, 3.63) is 89.4 Å². The van der Waals surface area contributed by atoms with Crippen LogP contribution >= 0.6 is 12.4 Å². The van der Waals surface area contributed by atoms with Gasteiger partial charge in [-0.05, 0) is 24.3 Å². The molecular weight excluding hydrogens is 376 g/mol. The minimum Gasteiger partial charge on any atom is -0.464 e. The van der Waals surface area contributed by atoms with Gasteiger partial charge in [0.15, 0.2) is 0 Å². The summed E-state index contributed by atoms with van der Waals surface area (Å²) in [5.41, 5.74) is 2.48. The van der Waals surface area contributed by atoms with Crippen molar-refractivity contribution in [1.82, 2.24) is 19.2 Å². The van der Waals surface area contributed by atoms with E-state index in [0.717, 1.165) is 22.3 Å². The number of hydrogen-bond acceptors (Lipinski definition) is 4. The van der Waals surface area contributed by atoms with Crippen LogP contribution in [0.25, 0.3) is 27.7 Å². The van der Waals surface area contributed by atoms with E-state index in [1.165, 1.54) is 4.68 Å². The highest BCUT2D eigenvalue weighted by Crippen LogP contribution is 2.26. The van der Waals surface area contributed by atoms with Crippen LogP contribution in [0, 0.1) is 0 Å². The van der Waals surface area contributed by atoms with Gasteiger partial charge in [0.1, 0.15) is 11.4 Å². The van der Waals surface area contributed by atoms with E-state index in [1.807, 2.05) is 65.3 Å². The molecule has 140 valence electrons. The molecule has 7 heteroatoms. The van der Waals surface area contributed by atoms with E-state index in [9.17, 15) is 4.79 Å². The summed E-state index contributed by atoms with van der Waals surface area (Å²) in [6.07, 6.45) is 7.91. The van der Waals surface area contributed by atoms with Crippen LogP contribution in [0.3, 0.4) is 0 Å². The zero-order valence-electron chi connectivity index (χ0n) is 14.9. The first-order valence-electron chi connectivity index (χ1n) is 8.75. The molecule has 0 amide bonds. The molecule has 0 aliphatic carbocycles. The zero-order valence-corrected chi connectivity index (χ0v) is 15.7. The predicted octanol–water partition coefficient (Wildman–Crippen LogP) is 3.97. The monoisotopic (exact) mass is 392 g/mol. The third-order valence-electron chi connectivity index (χ3n) is 4.66. The summed E-state index contributed by atoms with van der Waals surface area (Å²) < 4.78 is 8.98. The number of aryl methyl sites for hydroxylation is 2. The fraction of sp³-hybridized carbons (Fsp3) is 0.0952. The molecule has 6 nitrogen and oxygen atoms in total. The molecule has 0 fully saturated rings. The number of pyridine rings is 1. The molecule has 5 rings (SSSR count). The fourth-order valence-corrected chi connectivity index (χ4v) is 3.35. The highest BCUT2D eigenvalue weighted by molar-refractivity contribution is 5.94. The Balaban J connectivity index is 0.00000192. The van der Waals surface area contributed by atoms with Gasteiger partial charge in [0.25, 0.3) is 5.56 Å².